The van der Waals surface area contributed by atoms with Gasteiger partial charge in [-0.25, -0.2) is 0 Å². The van der Waals surface area contributed by atoms with Crippen LogP contribution >= 0.6 is 27.3 Å². The zero-order valence-corrected chi connectivity index (χ0v) is 12.9. The van der Waals surface area contributed by atoms with Crippen molar-refractivity contribution in [2.45, 2.75) is 32.6 Å². The summed E-state index contributed by atoms with van der Waals surface area (Å²) in [5.41, 5.74) is 0.606. The van der Waals surface area contributed by atoms with Gasteiger partial charge in [-0.15, -0.1) is 11.3 Å². The SMILES string of the molecule is CC(C)(C)c1cc(CC(=O)c2ccc(Br)s2)no1. The molecule has 3 nitrogen and oxygen atoms in total. The second-order valence-corrected chi connectivity index (χ2v) is 7.60. The van der Waals surface area contributed by atoms with E-state index >= 15 is 0 Å². The summed E-state index contributed by atoms with van der Waals surface area (Å²) in [6, 6.07) is 5.56. The van der Waals surface area contributed by atoms with Crippen LogP contribution in [0.25, 0.3) is 0 Å². The third kappa shape index (κ3) is 3.09. The lowest BCUT2D eigenvalue weighted by molar-refractivity contribution is 0.0994. The van der Waals surface area contributed by atoms with Crippen molar-refractivity contribution in [1.29, 1.82) is 0 Å². The van der Waals surface area contributed by atoms with Gasteiger partial charge in [-0.3, -0.25) is 4.79 Å². The first kappa shape index (κ1) is 13.5. The first-order valence-electron chi connectivity index (χ1n) is 5.61. The quantitative estimate of drug-likeness (QED) is 0.792. The first-order chi connectivity index (χ1) is 8.36. The average molecular weight is 328 g/mol. The Bertz CT molecular complexity index is 566. The number of carbonyl (C=O) groups excluding carboxylic acids is 1. The van der Waals surface area contributed by atoms with E-state index in [1.807, 2.05) is 18.2 Å². The maximum atomic E-state index is 12.0. The smallest absolute Gasteiger partial charge is 0.178 e. The van der Waals surface area contributed by atoms with Crippen LogP contribution in [0.1, 0.15) is 41.9 Å². The van der Waals surface area contributed by atoms with Gasteiger partial charge in [-0.2, -0.15) is 0 Å². The van der Waals surface area contributed by atoms with E-state index in [0.717, 1.165) is 14.4 Å². The molecule has 2 aromatic heterocycles. The molecule has 2 heterocycles. The lowest BCUT2D eigenvalue weighted by Crippen LogP contribution is -2.09. The average Bonchev–Trinajstić information content (AvgIpc) is 2.85. The Hall–Kier alpha value is -0.940. The molecule has 0 saturated heterocycles. The highest BCUT2D eigenvalue weighted by atomic mass is 79.9. The summed E-state index contributed by atoms with van der Waals surface area (Å²) in [7, 11) is 0. The monoisotopic (exact) mass is 327 g/mol. The molecule has 0 aliphatic carbocycles. The number of halogens is 1. The van der Waals surface area contributed by atoms with Crippen LogP contribution in [0.2, 0.25) is 0 Å². The maximum Gasteiger partial charge on any atom is 0.178 e. The molecule has 0 aliphatic heterocycles. The lowest BCUT2D eigenvalue weighted by Gasteiger charge is -2.12. The standard InChI is InChI=1S/C13H14BrNO2S/c1-13(2,3)11-7-8(15-17-11)6-9(16)10-4-5-12(14)18-10/h4-5,7H,6H2,1-3H3. The van der Waals surface area contributed by atoms with Crippen molar-refractivity contribution in [3.63, 3.8) is 0 Å². The largest absolute Gasteiger partial charge is 0.361 e. The normalized spacial score (nSPS) is 11.8. The van der Waals surface area contributed by atoms with E-state index in [9.17, 15) is 4.79 Å². The summed E-state index contributed by atoms with van der Waals surface area (Å²) in [5.74, 6) is 0.872. The molecule has 18 heavy (non-hydrogen) atoms. The molecule has 0 aliphatic rings. The summed E-state index contributed by atoms with van der Waals surface area (Å²) in [5, 5.41) is 3.95. The minimum Gasteiger partial charge on any atom is -0.361 e. The molecule has 0 unspecified atom stereocenters. The number of aromatic nitrogens is 1. The van der Waals surface area contributed by atoms with Gasteiger partial charge in [0.2, 0.25) is 0 Å². The zero-order chi connectivity index (χ0) is 13.3. The molecule has 96 valence electrons. The molecule has 0 atom stereocenters. The number of thiophene rings is 1. The van der Waals surface area contributed by atoms with Gasteiger partial charge in [-0.1, -0.05) is 25.9 Å². The van der Waals surface area contributed by atoms with Gasteiger partial charge in [0.25, 0.3) is 0 Å². The third-order valence-electron chi connectivity index (χ3n) is 2.49. The van der Waals surface area contributed by atoms with Crippen molar-refractivity contribution in [2.75, 3.05) is 0 Å². The third-order valence-corrected chi connectivity index (χ3v) is 4.15. The molecule has 0 bridgehead atoms. The number of ketones is 1. The van der Waals surface area contributed by atoms with Gasteiger partial charge in [0.15, 0.2) is 5.78 Å². The Morgan fingerprint density at radius 2 is 2.17 bits per heavy atom. The molecule has 2 aromatic rings. The molecule has 0 saturated carbocycles. The highest BCUT2D eigenvalue weighted by Gasteiger charge is 2.21. The van der Waals surface area contributed by atoms with Crippen molar-refractivity contribution in [3.8, 4) is 0 Å². The van der Waals surface area contributed by atoms with Crippen molar-refractivity contribution in [3.05, 3.63) is 38.3 Å². The minimum absolute atomic E-state index is 0.0689. The summed E-state index contributed by atoms with van der Waals surface area (Å²) >= 11 is 4.78. The van der Waals surface area contributed by atoms with E-state index in [-0.39, 0.29) is 17.6 Å². The van der Waals surface area contributed by atoms with E-state index < -0.39 is 0 Å². The molecule has 2 rings (SSSR count). The number of carbonyl (C=O) groups is 1. The van der Waals surface area contributed by atoms with E-state index in [0.29, 0.717) is 5.69 Å². The van der Waals surface area contributed by atoms with Crippen LogP contribution in [-0.2, 0) is 11.8 Å². The topological polar surface area (TPSA) is 43.1 Å². The van der Waals surface area contributed by atoms with Crippen molar-refractivity contribution >= 4 is 33.0 Å². The van der Waals surface area contributed by atoms with E-state index in [2.05, 4.69) is 41.9 Å². The Morgan fingerprint density at radius 1 is 1.44 bits per heavy atom. The predicted octanol–water partition coefficient (Wildman–Crippen LogP) is 4.22. The van der Waals surface area contributed by atoms with E-state index in [4.69, 9.17) is 4.52 Å². The second-order valence-electron chi connectivity index (χ2n) is 5.14. The molecule has 5 heteroatoms. The predicted molar refractivity (Wildman–Crippen MR) is 75.3 cm³/mol. The molecule has 0 spiro atoms. The van der Waals surface area contributed by atoms with Crippen molar-refractivity contribution in [2.24, 2.45) is 0 Å². The molecule has 0 amide bonds. The van der Waals surface area contributed by atoms with Gasteiger partial charge in [-0.05, 0) is 28.1 Å². The van der Waals surface area contributed by atoms with Crippen LogP contribution in [-0.4, -0.2) is 10.9 Å². The van der Waals surface area contributed by atoms with E-state index in [1.165, 1.54) is 11.3 Å². The summed E-state index contributed by atoms with van der Waals surface area (Å²) in [6.07, 6.45) is 0.284. The van der Waals surface area contributed by atoms with Gasteiger partial charge >= 0.3 is 0 Å². The Kier molecular flexibility index (Phi) is 3.73. The van der Waals surface area contributed by atoms with Crippen LogP contribution in [0.4, 0.5) is 0 Å². The van der Waals surface area contributed by atoms with Crippen LogP contribution in [0.3, 0.4) is 0 Å². The number of hydrogen-bond donors (Lipinski definition) is 0. The molecule has 0 N–H and O–H groups in total. The Balaban J connectivity index is 2.10. The van der Waals surface area contributed by atoms with Crippen LogP contribution < -0.4 is 0 Å². The molecule has 0 fully saturated rings. The summed E-state index contributed by atoms with van der Waals surface area (Å²) in [4.78, 5) is 12.7. The number of rotatable bonds is 3. The van der Waals surface area contributed by atoms with Crippen molar-refractivity contribution < 1.29 is 9.32 Å². The fourth-order valence-electron chi connectivity index (χ4n) is 1.46. The highest BCUT2D eigenvalue weighted by molar-refractivity contribution is 9.11. The fourth-order valence-corrected chi connectivity index (χ4v) is 2.79. The number of hydrogen-bond acceptors (Lipinski definition) is 4. The summed E-state index contributed by atoms with van der Waals surface area (Å²) < 4.78 is 6.22. The van der Waals surface area contributed by atoms with Gasteiger partial charge < -0.3 is 4.52 Å². The highest BCUT2D eigenvalue weighted by Crippen LogP contribution is 2.25. The van der Waals surface area contributed by atoms with Gasteiger partial charge in [0.05, 0.1) is 20.8 Å². The van der Waals surface area contributed by atoms with Crippen molar-refractivity contribution in [1.82, 2.24) is 5.16 Å². The van der Waals surface area contributed by atoms with Crippen LogP contribution in [0, 0.1) is 0 Å². The summed E-state index contributed by atoms with van der Waals surface area (Å²) in [6.45, 7) is 6.15. The fraction of sp³-hybridized carbons (Fsp3) is 0.385. The molecule has 0 radical (unpaired) electrons. The number of Topliss-reactive ketones (excluding diaryl/α,β-unsaturated/α-hetero) is 1. The molecular formula is C13H14BrNO2S. The van der Waals surface area contributed by atoms with Gasteiger partial charge in [0.1, 0.15) is 5.76 Å². The van der Waals surface area contributed by atoms with Crippen LogP contribution in [0.15, 0.2) is 26.5 Å². The van der Waals surface area contributed by atoms with E-state index in [1.54, 1.807) is 0 Å². The molecule has 0 aromatic carbocycles. The Labute approximate surface area is 118 Å². The number of nitrogens with zero attached hydrogens (tertiary/aromatic N) is 1. The minimum atomic E-state index is -0.0831. The van der Waals surface area contributed by atoms with Crippen LogP contribution in [0.5, 0.6) is 0 Å². The van der Waals surface area contributed by atoms with Gasteiger partial charge in [0, 0.05) is 11.5 Å². The second kappa shape index (κ2) is 4.97. The lowest BCUT2D eigenvalue weighted by atomic mass is 9.93. The molecular weight excluding hydrogens is 314 g/mol. The Morgan fingerprint density at radius 3 is 2.67 bits per heavy atom. The zero-order valence-electron chi connectivity index (χ0n) is 10.5. The maximum absolute atomic E-state index is 12.0. The first-order valence-corrected chi connectivity index (χ1v) is 7.22.